The molecule has 0 bridgehead atoms. The summed E-state index contributed by atoms with van der Waals surface area (Å²) in [5.74, 6) is 1.45. The van der Waals surface area contributed by atoms with Crippen LogP contribution < -0.4 is 9.47 Å². The van der Waals surface area contributed by atoms with Gasteiger partial charge in [-0.05, 0) is 18.2 Å². The maximum atomic E-state index is 5.29. The summed E-state index contributed by atoms with van der Waals surface area (Å²) in [6.45, 7) is 8.11. The Morgan fingerprint density at radius 1 is 1.14 bits per heavy atom. The fraction of sp³-hybridized carbons (Fsp3) is 0.167. The largest absolute Gasteiger partial charge is 0.490 e. The normalized spacial score (nSPS) is 9.14. The second kappa shape index (κ2) is 5.86. The lowest BCUT2D eigenvalue weighted by atomic mass is 10.3. The second-order valence-corrected chi connectivity index (χ2v) is 2.59. The van der Waals surface area contributed by atoms with Crippen LogP contribution in [0.25, 0.3) is 0 Å². The molecule has 0 amide bonds. The van der Waals surface area contributed by atoms with Crippen molar-refractivity contribution >= 4 is 0 Å². The van der Waals surface area contributed by atoms with Crippen LogP contribution in [0.5, 0.6) is 11.5 Å². The monoisotopic (exact) mass is 189 g/mol. The summed E-state index contributed by atoms with van der Waals surface area (Å²) >= 11 is 0. The summed E-state index contributed by atoms with van der Waals surface area (Å²) in [6.07, 6.45) is 3.39. The molecule has 0 saturated heterocycles. The Labute approximate surface area is 84.5 Å². The smallest absolute Gasteiger partial charge is 0.128 e. The van der Waals surface area contributed by atoms with Gasteiger partial charge in [0.15, 0.2) is 0 Å². The zero-order chi connectivity index (χ0) is 10.2. The van der Waals surface area contributed by atoms with E-state index in [4.69, 9.17) is 9.47 Å². The van der Waals surface area contributed by atoms with Crippen LogP contribution >= 0.6 is 0 Å². The number of rotatable bonds is 6. The predicted molar refractivity (Wildman–Crippen MR) is 56.7 cm³/mol. The van der Waals surface area contributed by atoms with Crippen LogP contribution in [0.2, 0.25) is 0 Å². The molecular weight excluding hydrogens is 176 g/mol. The summed E-state index contributed by atoms with van der Waals surface area (Å²) in [5, 5.41) is 0. The first-order chi connectivity index (χ1) is 6.86. The van der Waals surface area contributed by atoms with Crippen LogP contribution in [-0.2, 0) is 0 Å². The Hall–Kier alpha value is -1.70. The molecule has 1 aromatic rings. The van der Waals surface area contributed by atoms with Crippen molar-refractivity contribution in [1.29, 1.82) is 0 Å². The Bertz CT molecular complexity index is 257. The van der Waals surface area contributed by atoms with E-state index in [1.54, 1.807) is 18.2 Å². The fourth-order valence-corrected chi connectivity index (χ4v) is 0.880. The Kier molecular flexibility index (Phi) is 4.35. The van der Waals surface area contributed by atoms with Crippen molar-refractivity contribution in [3.05, 3.63) is 49.6 Å². The minimum Gasteiger partial charge on any atom is -0.490 e. The van der Waals surface area contributed by atoms with Crippen LogP contribution in [0.1, 0.15) is 0 Å². The molecule has 0 aromatic heterocycles. The summed E-state index contributed by atoms with van der Waals surface area (Å²) in [7, 11) is 0. The lowest BCUT2D eigenvalue weighted by molar-refractivity contribution is 0.352. The van der Waals surface area contributed by atoms with Gasteiger partial charge in [0.05, 0.1) is 0 Å². The van der Waals surface area contributed by atoms with E-state index < -0.39 is 0 Å². The van der Waals surface area contributed by atoms with E-state index in [0.717, 1.165) is 5.75 Å². The average Bonchev–Trinajstić information content (AvgIpc) is 2.25. The number of hydrogen-bond donors (Lipinski definition) is 0. The Morgan fingerprint density at radius 3 is 2.43 bits per heavy atom. The van der Waals surface area contributed by atoms with Crippen molar-refractivity contribution in [1.82, 2.24) is 0 Å². The van der Waals surface area contributed by atoms with E-state index in [0.29, 0.717) is 19.0 Å². The number of hydrogen-bond acceptors (Lipinski definition) is 2. The molecule has 0 fully saturated rings. The van der Waals surface area contributed by atoms with Gasteiger partial charge < -0.3 is 9.47 Å². The van der Waals surface area contributed by atoms with Crippen molar-refractivity contribution in [3.63, 3.8) is 0 Å². The molecule has 0 unspecified atom stereocenters. The highest BCUT2D eigenvalue weighted by molar-refractivity contribution is 5.30. The van der Waals surface area contributed by atoms with Gasteiger partial charge in [0.25, 0.3) is 0 Å². The van der Waals surface area contributed by atoms with Crippen molar-refractivity contribution in [2.24, 2.45) is 0 Å². The fourth-order valence-electron chi connectivity index (χ4n) is 0.880. The molecule has 0 aliphatic rings. The summed E-state index contributed by atoms with van der Waals surface area (Å²) in [4.78, 5) is 0. The van der Waals surface area contributed by atoms with Crippen molar-refractivity contribution in [3.8, 4) is 11.5 Å². The molecule has 2 heteroatoms. The quantitative estimate of drug-likeness (QED) is 0.640. The van der Waals surface area contributed by atoms with Crippen LogP contribution in [0.15, 0.2) is 43.5 Å². The zero-order valence-corrected chi connectivity index (χ0v) is 8.03. The molecule has 1 radical (unpaired) electrons. The van der Waals surface area contributed by atoms with Gasteiger partial charge in [0, 0.05) is 6.07 Å². The maximum absolute atomic E-state index is 5.29. The molecule has 0 aliphatic heterocycles. The molecule has 1 rings (SSSR count). The summed E-state index contributed by atoms with van der Waals surface area (Å²) < 4.78 is 10.6. The lowest BCUT2D eigenvalue weighted by Crippen LogP contribution is -1.94. The first kappa shape index (κ1) is 10.4. The van der Waals surface area contributed by atoms with Gasteiger partial charge in [-0.25, -0.2) is 0 Å². The van der Waals surface area contributed by atoms with Gasteiger partial charge in [0.1, 0.15) is 24.7 Å². The first-order valence-electron chi connectivity index (χ1n) is 4.36. The summed E-state index contributed by atoms with van der Waals surface area (Å²) in [5.41, 5.74) is 0. The van der Waals surface area contributed by atoms with Gasteiger partial charge in [-0.15, -0.1) is 0 Å². The van der Waals surface area contributed by atoms with Gasteiger partial charge >= 0.3 is 0 Å². The average molecular weight is 189 g/mol. The maximum Gasteiger partial charge on any atom is 0.128 e. The molecule has 0 atom stereocenters. The highest BCUT2D eigenvalue weighted by Crippen LogP contribution is 2.16. The number of benzene rings is 1. The lowest BCUT2D eigenvalue weighted by Gasteiger charge is -2.05. The molecule has 0 aliphatic carbocycles. The third-order valence-electron chi connectivity index (χ3n) is 1.48. The molecule has 0 N–H and O–H groups in total. The Balaban J connectivity index is 2.49. The molecule has 1 aromatic carbocycles. The van der Waals surface area contributed by atoms with Crippen molar-refractivity contribution < 1.29 is 9.47 Å². The zero-order valence-electron chi connectivity index (χ0n) is 8.03. The van der Waals surface area contributed by atoms with E-state index in [1.165, 1.54) is 0 Å². The molecule has 0 saturated carbocycles. The van der Waals surface area contributed by atoms with Crippen LogP contribution in [0.3, 0.4) is 0 Å². The molecule has 73 valence electrons. The Morgan fingerprint density at radius 2 is 1.86 bits per heavy atom. The molecule has 0 heterocycles. The van der Waals surface area contributed by atoms with Crippen LogP contribution in [0, 0.1) is 6.07 Å². The topological polar surface area (TPSA) is 18.5 Å². The minimum atomic E-state index is 0.489. The predicted octanol–water partition coefficient (Wildman–Crippen LogP) is 2.62. The van der Waals surface area contributed by atoms with E-state index in [9.17, 15) is 0 Å². The van der Waals surface area contributed by atoms with E-state index in [2.05, 4.69) is 19.2 Å². The van der Waals surface area contributed by atoms with Gasteiger partial charge in [-0.2, -0.15) is 0 Å². The van der Waals surface area contributed by atoms with Crippen LogP contribution in [-0.4, -0.2) is 13.2 Å². The third kappa shape index (κ3) is 3.35. The summed E-state index contributed by atoms with van der Waals surface area (Å²) in [6, 6.07) is 8.33. The van der Waals surface area contributed by atoms with Gasteiger partial charge in [-0.3, -0.25) is 0 Å². The van der Waals surface area contributed by atoms with Gasteiger partial charge in [-0.1, -0.05) is 25.3 Å². The van der Waals surface area contributed by atoms with Gasteiger partial charge in [0.2, 0.25) is 0 Å². The molecular formula is C12H13O2. The number of ether oxygens (including phenoxy) is 2. The molecule has 2 nitrogen and oxygen atoms in total. The molecule has 14 heavy (non-hydrogen) atoms. The second-order valence-electron chi connectivity index (χ2n) is 2.59. The first-order valence-corrected chi connectivity index (χ1v) is 4.36. The highest BCUT2D eigenvalue weighted by atomic mass is 16.5. The van der Waals surface area contributed by atoms with E-state index in [-0.39, 0.29) is 0 Å². The standard InChI is InChI=1S/C12H13O2/c1-3-9-13-11-5-7-12(8-6-11)14-10-4-2/h3-7H,1-2,9-10H2. The highest BCUT2D eigenvalue weighted by Gasteiger charge is 1.94. The van der Waals surface area contributed by atoms with Crippen LogP contribution in [0.4, 0.5) is 0 Å². The minimum absolute atomic E-state index is 0.489. The van der Waals surface area contributed by atoms with E-state index >= 15 is 0 Å². The van der Waals surface area contributed by atoms with Crippen molar-refractivity contribution in [2.75, 3.05) is 13.2 Å². The SMILES string of the molecule is C=CCOc1[c]cc(OCC=C)cc1. The molecule has 0 spiro atoms. The van der Waals surface area contributed by atoms with E-state index in [1.807, 2.05) is 12.1 Å². The van der Waals surface area contributed by atoms with Crippen molar-refractivity contribution in [2.45, 2.75) is 0 Å². The third-order valence-corrected chi connectivity index (χ3v) is 1.48.